The van der Waals surface area contributed by atoms with Gasteiger partial charge in [0.25, 0.3) is 0 Å². The number of thioether (sulfide) groups is 1. The van der Waals surface area contributed by atoms with Crippen molar-refractivity contribution in [3.8, 4) is 0 Å². The molecule has 1 atom stereocenters. The molecule has 6 heteroatoms. The number of nitrogens with one attached hydrogen (secondary N) is 1. The van der Waals surface area contributed by atoms with Crippen LogP contribution in [0, 0.1) is 0 Å². The van der Waals surface area contributed by atoms with Crippen LogP contribution < -0.4 is 5.32 Å². The minimum absolute atomic E-state index is 0.273. The van der Waals surface area contributed by atoms with Crippen molar-refractivity contribution in [1.82, 2.24) is 9.62 Å². The molecule has 0 aliphatic carbocycles. The summed E-state index contributed by atoms with van der Waals surface area (Å²) >= 11 is 1.89. The summed E-state index contributed by atoms with van der Waals surface area (Å²) in [5.74, 6) is 1.21. The number of rotatable bonds is 6. The van der Waals surface area contributed by atoms with Gasteiger partial charge in [-0.1, -0.05) is 6.92 Å². The summed E-state index contributed by atoms with van der Waals surface area (Å²) in [4.78, 5) is 0. The molecule has 96 valence electrons. The second-order valence-corrected chi connectivity index (χ2v) is 7.53. The molecule has 1 aliphatic rings. The van der Waals surface area contributed by atoms with Crippen molar-refractivity contribution in [2.75, 3.05) is 38.2 Å². The zero-order valence-corrected chi connectivity index (χ0v) is 11.7. The number of hydrogen-bond donors (Lipinski definition) is 1. The van der Waals surface area contributed by atoms with Gasteiger partial charge in [0.2, 0.25) is 10.0 Å². The lowest BCUT2D eigenvalue weighted by atomic mass is 10.3. The van der Waals surface area contributed by atoms with Crippen molar-refractivity contribution in [1.29, 1.82) is 0 Å². The van der Waals surface area contributed by atoms with Gasteiger partial charge in [0, 0.05) is 24.1 Å². The maximum absolute atomic E-state index is 12.0. The molecular formula is C10H22N2O2S2. The van der Waals surface area contributed by atoms with Crippen LogP contribution in [0.2, 0.25) is 0 Å². The summed E-state index contributed by atoms with van der Waals surface area (Å²) in [7, 11) is -1.17. The maximum Gasteiger partial charge on any atom is 0.214 e. The van der Waals surface area contributed by atoms with Crippen LogP contribution in [0.1, 0.15) is 19.8 Å². The van der Waals surface area contributed by atoms with Gasteiger partial charge >= 0.3 is 0 Å². The zero-order chi connectivity index (χ0) is 12.0. The number of hydrogen-bond acceptors (Lipinski definition) is 4. The molecule has 0 saturated carbocycles. The van der Waals surface area contributed by atoms with E-state index in [-0.39, 0.29) is 5.75 Å². The SMILES string of the molecule is CCC1CN(S(=O)(=O)CCCNC)CCS1. The van der Waals surface area contributed by atoms with Gasteiger partial charge in [-0.15, -0.1) is 0 Å². The monoisotopic (exact) mass is 266 g/mol. The van der Waals surface area contributed by atoms with Gasteiger partial charge in [-0.05, 0) is 26.4 Å². The van der Waals surface area contributed by atoms with Crippen LogP contribution in [-0.4, -0.2) is 56.2 Å². The Morgan fingerprint density at radius 3 is 2.88 bits per heavy atom. The zero-order valence-electron chi connectivity index (χ0n) is 10.1. The van der Waals surface area contributed by atoms with Crippen molar-refractivity contribution in [2.45, 2.75) is 25.0 Å². The van der Waals surface area contributed by atoms with E-state index in [2.05, 4.69) is 12.2 Å². The van der Waals surface area contributed by atoms with Gasteiger partial charge in [-0.25, -0.2) is 8.42 Å². The first-order valence-corrected chi connectivity index (χ1v) is 8.50. The Hall–Kier alpha value is 0.220. The van der Waals surface area contributed by atoms with Crippen LogP contribution in [-0.2, 0) is 10.0 Å². The lowest BCUT2D eigenvalue weighted by Crippen LogP contribution is -2.43. The minimum Gasteiger partial charge on any atom is -0.320 e. The van der Waals surface area contributed by atoms with Gasteiger partial charge in [0.1, 0.15) is 0 Å². The first kappa shape index (κ1) is 14.3. The normalized spacial score (nSPS) is 23.5. The molecule has 1 rings (SSSR count). The Kier molecular flexibility index (Phi) is 6.10. The summed E-state index contributed by atoms with van der Waals surface area (Å²) in [6.45, 7) is 4.26. The smallest absolute Gasteiger partial charge is 0.214 e. The van der Waals surface area contributed by atoms with Crippen LogP contribution in [0.4, 0.5) is 0 Å². The molecule has 4 nitrogen and oxygen atoms in total. The first-order valence-electron chi connectivity index (χ1n) is 5.84. The highest BCUT2D eigenvalue weighted by Gasteiger charge is 2.27. The van der Waals surface area contributed by atoms with Gasteiger partial charge in [-0.3, -0.25) is 0 Å². The van der Waals surface area contributed by atoms with Crippen LogP contribution >= 0.6 is 11.8 Å². The third-order valence-electron chi connectivity index (χ3n) is 2.78. The van der Waals surface area contributed by atoms with Crippen molar-refractivity contribution in [3.63, 3.8) is 0 Å². The van der Waals surface area contributed by atoms with Crippen LogP contribution in [0.15, 0.2) is 0 Å². The van der Waals surface area contributed by atoms with E-state index in [9.17, 15) is 8.42 Å². The van der Waals surface area contributed by atoms with Crippen LogP contribution in [0.5, 0.6) is 0 Å². The predicted octanol–water partition coefficient (Wildman–Crippen LogP) is 0.753. The first-order chi connectivity index (χ1) is 7.60. The summed E-state index contributed by atoms with van der Waals surface area (Å²) in [6, 6.07) is 0. The summed E-state index contributed by atoms with van der Waals surface area (Å²) in [6.07, 6.45) is 1.74. The predicted molar refractivity (Wildman–Crippen MR) is 70.4 cm³/mol. The average Bonchev–Trinajstić information content (AvgIpc) is 2.29. The Morgan fingerprint density at radius 1 is 1.50 bits per heavy atom. The molecule has 1 aliphatic heterocycles. The lowest BCUT2D eigenvalue weighted by Gasteiger charge is -2.31. The van der Waals surface area contributed by atoms with E-state index in [1.165, 1.54) is 0 Å². The third-order valence-corrected chi connectivity index (χ3v) is 6.07. The van der Waals surface area contributed by atoms with Crippen molar-refractivity contribution >= 4 is 21.8 Å². The van der Waals surface area contributed by atoms with E-state index in [0.29, 0.717) is 24.8 Å². The fourth-order valence-corrected chi connectivity index (χ4v) is 4.69. The van der Waals surface area contributed by atoms with Gasteiger partial charge in [0.15, 0.2) is 0 Å². The minimum atomic E-state index is -3.02. The Morgan fingerprint density at radius 2 is 2.25 bits per heavy atom. The van der Waals surface area contributed by atoms with Gasteiger partial charge < -0.3 is 5.32 Å². The van der Waals surface area contributed by atoms with Crippen molar-refractivity contribution in [3.05, 3.63) is 0 Å². The van der Waals surface area contributed by atoms with E-state index in [0.717, 1.165) is 18.7 Å². The topological polar surface area (TPSA) is 49.4 Å². The average molecular weight is 266 g/mol. The Balaban J connectivity index is 2.47. The molecule has 0 aromatic carbocycles. The third kappa shape index (κ3) is 4.24. The van der Waals surface area contributed by atoms with Gasteiger partial charge in [-0.2, -0.15) is 16.1 Å². The standard InChI is InChI=1S/C10H22N2O2S2/c1-3-10-9-12(6-7-15-10)16(13,14)8-4-5-11-2/h10-11H,3-9H2,1-2H3. The molecule has 0 aromatic heterocycles. The molecule has 0 aromatic rings. The molecule has 1 fully saturated rings. The quantitative estimate of drug-likeness (QED) is 0.721. The van der Waals surface area contributed by atoms with Crippen molar-refractivity contribution in [2.24, 2.45) is 0 Å². The molecular weight excluding hydrogens is 244 g/mol. The maximum atomic E-state index is 12.0. The van der Waals surface area contributed by atoms with Crippen LogP contribution in [0.25, 0.3) is 0 Å². The lowest BCUT2D eigenvalue weighted by molar-refractivity contribution is 0.415. The van der Waals surface area contributed by atoms with E-state index in [1.807, 2.05) is 18.8 Å². The fraction of sp³-hybridized carbons (Fsp3) is 1.00. The highest BCUT2D eigenvalue weighted by molar-refractivity contribution is 8.00. The summed E-state index contributed by atoms with van der Waals surface area (Å²) in [5, 5.41) is 3.46. The largest absolute Gasteiger partial charge is 0.320 e. The van der Waals surface area contributed by atoms with E-state index in [1.54, 1.807) is 4.31 Å². The van der Waals surface area contributed by atoms with E-state index >= 15 is 0 Å². The fourth-order valence-electron chi connectivity index (χ4n) is 1.75. The van der Waals surface area contributed by atoms with E-state index in [4.69, 9.17) is 0 Å². The highest BCUT2D eigenvalue weighted by atomic mass is 32.2. The molecule has 0 bridgehead atoms. The molecule has 0 spiro atoms. The van der Waals surface area contributed by atoms with Crippen molar-refractivity contribution < 1.29 is 8.42 Å². The van der Waals surface area contributed by atoms with E-state index < -0.39 is 10.0 Å². The molecule has 1 N–H and O–H groups in total. The molecule has 0 amide bonds. The highest BCUT2D eigenvalue weighted by Crippen LogP contribution is 2.23. The number of sulfonamides is 1. The molecule has 0 radical (unpaired) electrons. The molecule has 1 heterocycles. The second kappa shape index (κ2) is 6.83. The Bertz CT molecular complexity index is 293. The molecule has 1 saturated heterocycles. The van der Waals surface area contributed by atoms with Gasteiger partial charge in [0.05, 0.1) is 5.75 Å². The molecule has 1 unspecified atom stereocenters. The molecule has 16 heavy (non-hydrogen) atoms. The Labute approximate surface area is 103 Å². The summed E-state index contributed by atoms with van der Waals surface area (Å²) < 4.78 is 25.7. The van der Waals surface area contributed by atoms with Crippen LogP contribution in [0.3, 0.4) is 0 Å². The summed E-state index contributed by atoms with van der Waals surface area (Å²) in [5.41, 5.74) is 0. The second-order valence-electron chi connectivity index (χ2n) is 4.03. The number of nitrogens with zero attached hydrogens (tertiary/aromatic N) is 1.